The molecule has 0 spiro atoms. The fraction of sp³-hybridized carbons (Fsp3) is 0.714. The van der Waals surface area contributed by atoms with Crippen molar-refractivity contribution in [3.8, 4) is 0 Å². The van der Waals surface area contributed by atoms with E-state index in [1.165, 1.54) is 12.8 Å². The van der Waals surface area contributed by atoms with Gasteiger partial charge < -0.3 is 4.90 Å². The third kappa shape index (κ3) is 3.22. The molecule has 0 atom stereocenters. The minimum atomic E-state index is -0.0123. The lowest BCUT2D eigenvalue weighted by atomic mass is 9.95. The van der Waals surface area contributed by atoms with Gasteiger partial charge in [-0.25, -0.2) is 9.97 Å². The van der Waals surface area contributed by atoms with Crippen LogP contribution in [0.1, 0.15) is 46.4 Å². The van der Waals surface area contributed by atoms with E-state index >= 15 is 0 Å². The molecule has 2 heterocycles. The average molecular weight is 312 g/mol. The van der Waals surface area contributed by atoms with Gasteiger partial charge in [-0.1, -0.05) is 27.7 Å². The van der Waals surface area contributed by atoms with E-state index in [4.69, 9.17) is 4.98 Å². The van der Waals surface area contributed by atoms with Gasteiger partial charge in [0.1, 0.15) is 16.2 Å². The van der Waals surface area contributed by atoms with E-state index in [1.54, 1.807) is 0 Å². The lowest BCUT2D eigenvalue weighted by Crippen LogP contribution is -2.34. The predicted molar refractivity (Wildman–Crippen MR) is 79.0 cm³/mol. The Morgan fingerprint density at radius 1 is 1.22 bits per heavy atom. The molecule has 18 heavy (non-hydrogen) atoms. The van der Waals surface area contributed by atoms with E-state index in [0.29, 0.717) is 0 Å². The summed E-state index contributed by atoms with van der Waals surface area (Å²) in [5, 5.41) is 0. The Balaban J connectivity index is 2.25. The highest BCUT2D eigenvalue weighted by molar-refractivity contribution is 9.10. The third-order valence-electron chi connectivity index (χ3n) is 3.46. The van der Waals surface area contributed by atoms with Crippen molar-refractivity contribution in [2.24, 2.45) is 5.92 Å². The average Bonchev–Trinajstić information content (AvgIpc) is 2.28. The van der Waals surface area contributed by atoms with E-state index in [1.807, 2.05) is 6.07 Å². The number of hydrogen-bond donors (Lipinski definition) is 0. The zero-order valence-corrected chi connectivity index (χ0v) is 13.3. The molecule has 1 saturated heterocycles. The Morgan fingerprint density at radius 2 is 1.83 bits per heavy atom. The molecule has 0 bridgehead atoms. The second kappa shape index (κ2) is 5.16. The van der Waals surface area contributed by atoms with Crippen LogP contribution in [0.15, 0.2) is 10.7 Å². The van der Waals surface area contributed by atoms with Crippen LogP contribution in [0.2, 0.25) is 0 Å². The summed E-state index contributed by atoms with van der Waals surface area (Å²) in [5.41, 5.74) is -0.0123. The van der Waals surface area contributed by atoms with E-state index < -0.39 is 0 Å². The molecule has 4 heteroatoms. The minimum Gasteiger partial charge on any atom is -0.356 e. The molecule has 1 aromatic heterocycles. The first kappa shape index (κ1) is 13.8. The lowest BCUT2D eigenvalue weighted by molar-refractivity contribution is 0.435. The molecule has 100 valence electrons. The minimum absolute atomic E-state index is 0.0123. The zero-order chi connectivity index (χ0) is 13.3. The van der Waals surface area contributed by atoms with Crippen molar-refractivity contribution in [2.45, 2.75) is 46.0 Å². The van der Waals surface area contributed by atoms with Crippen LogP contribution in [0.4, 0.5) is 5.82 Å². The standard InChI is InChI=1S/C14H22BrN3/c1-10-5-7-18(8-6-10)12-9-11(15)16-13(17-12)14(2,3)4/h9-10H,5-8H2,1-4H3. The number of anilines is 1. The maximum atomic E-state index is 4.74. The predicted octanol–water partition coefficient (Wildman–Crippen LogP) is 3.77. The van der Waals surface area contributed by atoms with Crippen LogP contribution >= 0.6 is 15.9 Å². The summed E-state index contributed by atoms with van der Waals surface area (Å²) in [5.74, 6) is 2.81. The van der Waals surface area contributed by atoms with E-state index in [-0.39, 0.29) is 5.41 Å². The van der Waals surface area contributed by atoms with Gasteiger partial charge in [0.05, 0.1) is 0 Å². The van der Waals surface area contributed by atoms with Crippen molar-refractivity contribution in [3.63, 3.8) is 0 Å². The van der Waals surface area contributed by atoms with Crippen LogP contribution in [-0.4, -0.2) is 23.1 Å². The van der Waals surface area contributed by atoms with Crippen molar-refractivity contribution in [2.75, 3.05) is 18.0 Å². The Morgan fingerprint density at radius 3 is 2.39 bits per heavy atom. The largest absolute Gasteiger partial charge is 0.356 e. The molecule has 0 aliphatic carbocycles. The Labute approximate surface area is 118 Å². The topological polar surface area (TPSA) is 29.0 Å². The van der Waals surface area contributed by atoms with Crippen LogP contribution in [0.5, 0.6) is 0 Å². The van der Waals surface area contributed by atoms with Gasteiger partial charge in [-0.05, 0) is 34.7 Å². The molecule has 0 unspecified atom stereocenters. The fourth-order valence-electron chi connectivity index (χ4n) is 2.14. The summed E-state index contributed by atoms with van der Waals surface area (Å²) < 4.78 is 0.885. The molecule has 0 saturated carbocycles. The van der Waals surface area contributed by atoms with Gasteiger partial charge >= 0.3 is 0 Å². The molecule has 1 aromatic rings. The van der Waals surface area contributed by atoms with Crippen LogP contribution < -0.4 is 4.90 Å². The van der Waals surface area contributed by atoms with Crippen molar-refractivity contribution in [3.05, 3.63) is 16.5 Å². The molecule has 2 rings (SSSR count). The monoisotopic (exact) mass is 311 g/mol. The number of halogens is 1. The molecule has 3 nitrogen and oxygen atoms in total. The number of hydrogen-bond acceptors (Lipinski definition) is 3. The maximum Gasteiger partial charge on any atom is 0.137 e. The summed E-state index contributed by atoms with van der Waals surface area (Å²) >= 11 is 3.51. The first-order valence-electron chi connectivity index (χ1n) is 6.66. The van der Waals surface area contributed by atoms with Gasteiger partial charge in [-0.3, -0.25) is 0 Å². The third-order valence-corrected chi connectivity index (χ3v) is 3.87. The lowest BCUT2D eigenvalue weighted by Gasteiger charge is -2.32. The molecule has 1 aliphatic heterocycles. The summed E-state index contributed by atoms with van der Waals surface area (Å²) in [4.78, 5) is 11.6. The van der Waals surface area contributed by atoms with Gasteiger partial charge in [0, 0.05) is 24.6 Å². The van der Waals surface area contributed by atoms with E-state index in [9.17, 15) is 0 Å². The van der Waals surface area contributed by atoms with Crippen LogP contribution in [0.3, 0.4) is 0 Å². The molecular formula is C14H22BrN3. The summed E-state index contributed by atoms with van der Waals surface area (Å²) in [6.45, 7) is 11.0. The summed E-state index contributed by atoms with van der Waals surface area (Å²) in [6, 6.07) is 2.03. The molecule has 1 fully saturated rings. The molecular weight excluding hydrogens is 290 g/mol. The van der Waals surface area contributed by atoms with Crippen LogP contribution in [-0.2, 0) is 5.41 Å². The van der Waals surface area contributed by atoms with Gasteiger partial charge in [0.25, 0.3) is 0 Å². The molecule has 0 aromatic carbocycles. The van der Waals surface area contributed by atoms with Crippen LogP contribution in [0.25, 0.3) is 0 Å². The SMILES string of the molecule is CC1CCN(c2cc(Br)nc(C(C)(C)C)n2)CC1. The number of nitrogens with zero attached hydrogens (tertiary/aromatic N) is 3. The van der Waals surface area contributed by atoms with Crippen molar-refractivity contribution < 1.29 is 0 Å². The van der Waals surface area contributed by atoms with Gasteiger partial charge in [-0.2, -0.15) is 0 Å². The second-order valence-electron chi connectivity index (χ2n) is 6.29. The van der Waals surface area contributed by atoms with Crippen molar-refractivity contribution in [1.82, 2.24) is 9.97 Å². The first-order valence-corrected chi connectivity index (χ1v) is 7.45. The summed E-state index contributed by atoms with van der Waals surface area (Å²) in [6.07, 6.45) is 2.51. The van der Waals surface area contributed by atoms with Crippen molar-refractivity contribution >= 4 is 21.7 Å². The van der Waals surface area contributed by atoms with E-state index in [2.05, 4.69) is 53.5 Å². The Bertz CT molecular complexity index is 418. The Hall–Kier alpha value is -0.640. The van der Waals surface area contributed by atoms with E-state index in [0.717, 1.165) is 35.3 Å². The first-order chi connectivity index (χ1) is 8.36. The second-order valence-corrected chi connectivity index (χ2v) is 7.10. The molecule has 0 amide bonds. The van der Waals surface area contributed by atoms with Gasteiger partial charge in [0.2, 0.25) is 0 Å². The molecule has 0 radical (unpaired) electrons. The Kier molecular flexibility index (Phi) is 3.95. The smallest absolute Gasteiger partial charge is 0.137 e. The molecule has 0 N–H and O–H groups in total. The highest BCUT2D eigenvalue weighted by Gasteiger charge is 2.22. The molecule has 1 aliphatic rings. The number of piperidine rings is 1. The number of aromatic nitrogens is 2. The quantitative estimate of drug-likeness (QED) is 0.739. The highest BCUT2D eigenvalue weighted by Crippen LogP contribution is 2.26. The zero-order valence-electron chi connectivity index (χ0n) is 11.7. The maximum absolute atomic E-state index is 4.74. The van der Waals surface area contributed by atoms with Crippen LogP contribution in [0, 0.1) is 5.92 Å². The fourth-order valence-corrected chi connectivity index (χ4v) is 2.51. The number of rotatable bonds is 1. The highest BCUT2D eigenvalue weighted by atomic mass is 79.9. The van der Waals surface area contributed by atoms with Gasteiger partial charge in [0.15, 0.2) is 0 Å². The van der Waals surface area contributed by atoms with Gasteiger partial charge in [-0.15, -0.1) is 0 Å². The van der Waals surface area contributed by atoms with Crippen molar-refractivity contribution in [1.29, 1.82) is 0 Å². The normalized spacial score (nSPS) is 18.2. The summed E-state index contributed by atoms with van der Waals surface area (Å²) in [7, 11) is 0.